The summed E-state index contributed by atoms with van der Waals surface area (Å²) in [4.78, 5) is 10.6. The summed E-state index contributed by atoms with van der Waals surface area (Å²) in [7, 11) is 0. The summed E-state index contributed by atoms with van der Waals surface area (Å²) < 4.78 is 0.736. The van der Waals surface area contributed by atoms with Gasteiger partial charge in [-0.15, -0.1) is 0 Å². The van der Waals surface area contributed by atoms with E-state index in [4.69, 9.17) is 0 Å². The number of halogens is 1. The molecule has 5 heteroatoms. The molecule has 0 spiro atoms. The largest absolute Gasteiger partial charge is 0.309 e. The average molecular weight is 299 g/mol. The fraction of sp³-hybridized carbons (Fsp3) is 0.500. The van der Waals surface area contributed by atoms with E-state index in [1.807, 2.05) is 6.07 Å². The Labute approximate surface area is 109 Å². The van der Waals surface area contributed by atoms with Gasteiger partial charge in [0.05, 0.1) is 4.92 Å². The number of nitrogens with one attached hydrogen (secondary N) is 1. The zero-order valence-electron chi connectivity index (χ0n) is 9.87. The molecule has 1 unspecified atom stereocenters. The number of nitro groups is 1. The quantitative estimate of drug-likeness (QED) is 0.686. The molecule has 0 aliphatic heterocycles. The van der Waals surface area contributed by atoms with Gasteiger partial charge < -0.3 is 5.32 Å². The van der Waals surface area contributed by atoms with Crippen LogP contribution in [0, 0.1) is 15.5 Å². The van der Waals surface area contributed by atoms with Gasteiger partial charge in [-0.3, -0.25) is 10.1 Å². The molecular weight excluding hydrogens is 284 g/mol. The maximum Gasteiger partial charge on any atom is 0.275 e. The monoisotopic (exact) mass is 298 g/mol. The van der Waals surface area contributed by atoms with Gasteiger partial charge in [-0.05, 0) is 24.0 Å². The third kappa shape index (κ3) is 2.84. The number of hydrogen-bond acceptors (Lipinski definition) is 3. The molecule has 0 heterocycles. The summed E-state index contributed by atoms with van der Waals surface area (Å²) in [6, 6.07) is 5.66. The number of nitro benzene ring substituents is 1. The lowest BCUT2D eigenvalue weighted by atomic mass is 10.1. The summed E-state index contributed by atoms with van der Waals surface area (Å²) in [6.07, 6.45) is 1.14. The highest BCUT2D eigenvalue weighted by Gasteiger charge is 2.45. The molecule has 0 aromatic heterocycles. The lowest BCUT2D eigenvalue weighted by molar-refractivity contribution is -0.385. The zero-order chi connectivity index (χ0) is 12.6. The van der Waals surface area contributed by atoms with Crippen molar-refractivity contribution in [1.29, 1.82) is 0 Å². The molecule has 0 bridgehead atoms. The highest BCUT2D eigenvalue weighted by Crippen LogP contribution is 2.44. The van der Waals surface area contributed by atoms with Gasteiger partial charge in [-0.1, -0.05) is 29.8 Å². The van der Waals surface area contributed by atoms with Crippen LogP contribution < -0.4 is 5.32 Å². The predicted molar refractivity (Wildman–Crippen MR) is 69.8 cm³/mol. The van der Waals surface area contributed by atoms with Crippen LogP contribution in [-0.4, -0.2) is 11.0 Å². The third-order valence-electron chi connectivity index (χ3n) is 3.30. The smallest absolute Gasteiger partial charge is 0.275 e. The molecule has 1 saturated carbocycles. The summed E-state index contributed by atoms with van der Waals surface area (Å²) in [6.45, 7) is 4.94. The summed E-state index contributed by atoms with van der Waals surface area (Å²) in [5.74, 6) is 0. The Kier molecular flexibility index (Phi) is 3.23. The van der Waals surface area contributed by atoms with E-state index in [1.165, 1.54) is 0 Å². The lowest BCUT2D eigenvalue weighted by Crippen LogP contribution is -2.20. The van der Waals surface area contributed by atoms with Gasteiger partial charge in [0, 0.05) is 28.7 Å². The molecule has 1 aromatic carbocycles. The molecule has 92 valence electrons. The molecule has 2 rings (SSSR count). The van der Waals surface area contributed by atoms with Crippen LogP contribution in [0.2, 0.25) is 0 Å². The van der Waals surface area contributed by atoms with Gasteiger partial charge in [0.2, 0.25) is 0 Å². The van der Waals surface area contributed by atoms with Gasteiger partial charge >= 0.3 is 0 Å². The fourth-order valence-electron chi connectivity index (χ4n) is 1.91. The Morgan fingerprint density at radius 1 is 1.59 bits per heavy atom. The van der Waals surface area contributed by atoms with E-state index < -0.39 is 0 Å². The molecule has 17 heavy (non-hydrogen) atoms. The Hall–Kier alpha value is -0.940. The fourth-order valence-corrected chi connectivity index (χ4v) is 2.25. The molecule has 1 fully saturated rings. The van der Waals surface area contributed by atoms with Gasteiger partial charge in [0.1, 0.15) is 0 Å². The Morgan fingerprint density at radius 3 is 2.76 bits per heavy atom. The second-order valence-electron chi connectivity index (χ2n) is 5.16. The highest BCUT2D eigenvalue weighted by atomic mass is 79.9. The number of hydrogen-bond donors (Lipinski definition) is 1. The number of benzene rings is 1. The van der Waals surface area contributed by atoms with Crippen LogP contribution in [0.4, 0.5) is 5.69 Å². The van der Waals surface area contributed by atoms with Crippen LogP contribution in [0.25, 0.3) is 0 Å². The molecule has 1 aliphatic carbocycles. The van der Waals surface area contributed by atoms with Crippen molar-refractivity contribution < 1.29 is 4.92 Å². The van der Waals surface area contributed by atoms with Crippen molar-refractivity contribution in [2.24, 2.45) is 5.41 Å². The Balaban J connectivity index is 2.08. The van der Waals surface area contributed by atoms with E-state index in [1.54, 1.807) is 12.1 Å². The summed E-state index contributed by atoms with van der Waals surface area (Å²) in [5, 5.41) is 14.3. The van der Waals surface area contributed by atoms with E-state index in [-0.39, 0.29) is 10.6 Å². The maximum atomic E-state index is 10.9. The number of nitrogens with zero attached hydrogens (tertiary/aromatic N) is 1. The van der Waals surface area contributed by atoms with Gasteiger partial charge in [-0.2, -0.15) is 0 Å². The molecule has 1 atom stereocenters. The van der Waals surface area contributed by atoms with E-state index in [0.29, 0.717) is 18.0 Å². The van der Waals surface area contributed by atoms with Gasteiger partial charge in [0.15, 0.2) is 0 Å². The minimum absolute atomic E-state index is 0.172. The predicted octanol–water partition coefficient (Wildman–Crippen LogP) is 3.25. The summed E-state index contributed by atoms with van der Waals surface area (Å²) >= 11 is 3.25. The number of rotatable bonds is 4. The SMILES string of the molecule is CC1(C)CC1NCc1ccc(Br)cc1[N+](=O)[O-]. The topological polar surface area (TPSA) is 55.2 Å². The van der Waals surface area contributed by atoms with Crippen LogP contribution >= 0.6 is 15.9 Å². The van der Waals surface area contributed by atoms with Crippen molar-refractivity contribution in [3.63, 3.8) is 0 Å². The van der Waals surface area contributed by atoms with Crippen LogP contribution in [0.15, 0.2) is 22.7 Å². The van der Waals surface area contributed by atoms with Crippen LogP contribution in [-0.2, 0) is 6.54 Å². The highest BCUT2D eigenvalue weighted by molar-refractivity contribution is 9.10. The maximum absolute atomic E-state index is 10.9. The van der Waals surface area contributed by atoms with E-state index in [2.05, 4.69) is 35.1 Å². The molecule has 0 saturated heterocycles. The van der Waals surface area contributed by atoms with E-state index in [0.717, 1.165) is 16.5 Å². The van der Waals surface area contributed by atoms with Crippen molar-refractivity contribution in [1.82, 2.24) is 5.32 Å². The molecule has 4 nitrogen and oxygen atoms in total. The van der Waals surface area contributed by atoms with Crippen molar-refractivity contribution in [3.05, 3.63) is 38.3 Å². The van der Waals surface area contributed by atoms with Crippen molar-refractivity contribution in [2.45, 2.75) is 32.9 Å². The first-order valence-corrected chi connectivity index (χ1v) is 6.36. The average Bonchev–Trinajstić information content (AvgIpc) is 2.84. The molecule has 0 amide bonds. The standard InChI is InChI=1S/C12H15BrN2O2/c1-12(2)6-11(12)14-7-8-3-4-9(13)5-10(8)15(16)17/h3-5,11,14H,6-7H2,1-2H3. The van der Waals surface area contributed by atoms with Crippen LogP contribution in [0.5, 0.6) is 0 Å². The molecule has 1 N–H and O–H groups in total. The first-order valence-electron chi connectivity index (χ1n) is 5.56. The summed E-state index contributed by atoms with van der Waals surface area (Å²) in [5.41, 5.74) is 1.25. The third-order valence-corrected chi connectivity index (χ3v) is 3.79. The first-order chi connectivity index (χ1) is 7.90. The first kappa shape index (κ1) is 12.5. The van der Waals surface area contributed by atoms with Crippen molar-refractivity contribution in [2.75, 3.05) is 0 Å². The van der Waals surface area contributed by atoms with Gasteiger partial charge in [0.25, 0.3) is 5.69 Å². The minimum atomic E-state index is -0.334. The molecular formula is C12H15BrN2O2. The second-order valence-corrected chi connectivity index (χ2v) is 6.07. The molecule has 1 aromatic rings. The minimum Gasteiger partial charge on any atom is -0.309 e. The van der Waals surface area contributed by atoms with Crippen molar-refractivity contribution in [3.8, 4) is 0 Å². The lowest BCUT2D eigenvalue weighted by Gasteiger charge is -2.07. The Bertz CT molecular complexity index is 460. The molecule has 1 aliphatic rings. The van der Waals surface area contributed by atoms with Gasteiger partial charge in [-0.25, -0.2) is 0 Å². The van der Waals surface area contributed by atoms with Crippen molar-refractivity contribution >= 4 is 21.6 Å². The van der Waals surface area contributed by atoms with Crippen LogP contribution in [0.3, 0.4) is 0 Å². The molecule has 0 radical (unpaired) electrons. The zero-order valence-corrected chi connectivity index (χ0v) is 11.5. The van der Waals surface area contributed by atoms with E-state index in [9.17, 15) is 10.1 Å². The van der Waals surface area contributed by atoms with E-state index >= 15 is 0 Å². The normalized spacial score (nSPS) is 21.2. The Morgan fingerprint density at radius 2 is 2.24 bits per heavy atom. The van der Waals surface area contributed by atoms with Crippen LogP contribution in [0.1, 0.15) is 25.8 Å². The second kappa shape index (κ2) is 4.38.